The molecule has 1 aliphatic rings. The summed E-state index contributed by atoms with van der Waals surface area (Å²) in [6, 6.07) is 15.4. The molecule has 2 aromatic carbocycles. The highest BCUT2D eigenvalue weighted by atomic mass is 32.2. The van der Waals surface area contributed by atoms with Gasteiger partial charge in [0.05, 0.1) is 5.75 Å². The summed E-state index contributed by atoms with van der Waals surface area (Å²) in [6.07, 6.45) is 2.16. The van der Waals surface area contributed by atoms with Crippen molar-refractivity contribution >= 4 is 15.7 Å². The van der Waals surface area contributed by atoms with E-state index in [0.717, 1.165) is 32.6 Å². The van der Waals surface area contributed by atoms with E-state index in [2.05, 4.69) is 36.1 Å². The van der Waals surface area contributed by atoms with Gasteiger partial charge >= 0.3 is 0 Å². The molecule has 0 saturated carbocycles. The molecule has 1 fully saturated rings. The van der Waals surface area contributed by atoms with Crippen molar-refractivity contribution in [2.24, 2.45) is 0 Å². The van der Waals surface area contributed by atoms with E-state index in [1.165, 1.54) is 17.4 Å². The molecule has 3 rings (SSSR count). The summed E-state index contributed by atoms with van der Waals surface area (Å²) in [4.78, 5) is 17.2. The first kappa shape index (κ1) is 20.6. The van der Waals surface area contributed by atoms with E-state index < -0.39 is 9.84 Å². The third kappa shape index (κ3) is 5.66. The number of sulfone groups is 1. The van der Waals surface area contributed by atoms with Crippen LogP contribution in [-0.4, -0.2) is 56.6 Å². The summed E-state index contributed by atoms with van der Waals surface area (Å²) in [6.45, 7) is 6.33. The fraction of sp³-hybridized carbons (Fsp3) is 0.409. The van der Waals surface area contributed by atoms with E-state index in [9.17, 15) is 13.2 Å². The van der Waals surface area contributed by atoms with Crippen LogP contribution in [0.25, 0.3) is 0 Å². The zero-order valence-corrected chi connectivity index (χ0v) is 17.4. The predicted octanol–water partition coefficient (Wildman–Crippen LogP) is 2.89. The van der Waals surface area contributed by atoms with Gasteiger partial charge in [0.25, 0.3) is 5.91 Å². The molecule has 0 bridgehead atoms. The molecule has 0 spiro atoms. The van der Waals surface area contributed by atoms with Crippen molar-refractivity contribution in [1.29, 1.82) is 0 Å². The number of hydrogen-bond acceptors (Lipinski definition) is 4. The number of amides is 1. The topological polar surface area (TPSA) is 57.7 Å². The minimum absolute atomic E-state index is 0.000945. The van der Waals surface area contributed by atoms with E-state index >= 15 is 0 Å². The van der Waals surface area contributed by atoms with E-state index in [1.54, 1.807) is 24.3 Å². The second kappa shape index (κ2) is 8.88. The van der Waals surface area contributed by atoms with Gasteiger partial charge in [-0.15, -0.1) is 0 Å². The van der Waals surface area contributed by atoms with Gasteiger partial charge in [0, 0.05) is 44.5 Å². The Morgan fingerprint density at radius 2 is 1.68 bits per heavy atom. The largest absolute Gasteiger partial charge is 0.337 e. The Morgan fingerprint density at radius 3 is 2.36 bits per heavy atom. The highest BCUT2D eigenvalue weighted by Gasteiger charge is 2.20. The highest BCUT2D eigenvalue weighted by molar-refractivity contribution is 7.89. The molecule has 28 heavy (non-hydrogen) atoms. The fourth-order valence-corrected chi connectivity index (χ4v) is 4.39. The van der Waals surface area contributed by atoms with Crippen LogP contribution in [0.4, 0.5) is 0 Å². The number of nitrogens with zero attached hydrogens (tertiary/aromatic N) is 2. The van der Waals surface area contributed by atoms with Crippen molar-refractivity contribution in [1.82, 2.24) is 9.80 Å². The summed E-state index contributed by atoms with van der Waals surface area (Å²) in [7, 11) is -3.07. The average molecular weight is 401 g/mol. The van der Waals surface area contributed by atoms with E-state index in [0.29, 0.717) is 17.7 Å². The minimum atomic E-state index is -3.07. The number of benzene rings is 2. The quantitative estimate of drug-likeness (QED) is 0.774. The van der Waals surface area contributed by atoms with Gasteiger partial charge in [-0.1, -0.05) is 36.4 Å². The Bertz CT molecular complexity index is 923. The molecule has 0 N–H and O–H groups in total. The molecular formula is C22H28N2O3S. The molecule has 0 atom stereocenters. The smallest absolute Gasteiger partial charge is 0.253 e. The normalized spacial score (nSPS) is 16.0. The average Bonchev–Trinajstić information content (AvgIpc) is 2.88. The lowest BCUT2D eigenvalue weighted by Gasteiger charge is -2.22. The Labute approximate surface area is 167 Å². The molecule has 6 heteroatoms. The van der Waals surface area contributed by atoms with Crippen molar-refractivity contribution < 1.29 is 13.2 Å². The third-order valence-electron chi connectivity index (χ3n) is 5.16. The van der Waals surface area contributed by atoms with Crippen molar-refractivity contribution in [3.05, 3.63) is 70.8 Å². The maximum Gasteiger partial charge on any atom is 0.253 e. The number of carbonyl (C=O) groups excluding carboxylic acids is 1. The van der Waals surface area contributed by atoms with Gasteiger partial charge in [-0.25, -0.2) is 8.42 Å². The lowest BCUT2D eigenvalue weighted by molar-refractivity contribution is 0.0761. The monoisotopic (exact) mass is 400 g/mol. The highest BCUT2D eigenvalue weighted by Crippen LogP contribution is 2.15. The summed E-state index contributed by atoms with van der Waals surface area (Å²) in [5.41, 5.74) is 3.96. The van der Waals surface area contributed by atoms with E-state index in [4.69, 9.17) is 0 Å². The van der Waals surface area contributed by atoms with Crippen molar-refractivity contribution in [3.63, 3.8) is 0 Å². The Kier molecular flexibility index (Phi) is 6.52. The maximum atomic E-state index is 12.9. The minimum Gasteiger partial charge on any atom is -0.337 e. The van der Waals surface area contributed by atoms with Gasteiger partial charge in [0.2, 0.25) is 0 Å². The van der Waals surface area contributed by atoms with E-state index in [1.807, 2.05) is 4.90 Å². The molecule has 2 aromatic rings. The third-order valence-corrected chi connectivity index (χ3v) is 6.02. The first-order valence-corrected chi connectivity index (χ1v) is 11.7. The Hall–Kier alpha value is -2.18. The number of hydrogen-bond donors (Lipinski definition) is 0. The summed E-state index contributed by atoms with van der Waals surface area (Å²) in [5.74, 6) is 0.0163. The van der Waals surface area contributed by atoms with Crippen LogP contribution in [0.3, 0.4) is 0 Å². The first-order valence-electron chi connectivity index (χ1n) is 9.64. The molecule has 0 unspecified atom stereocenters. The molecule has 5 nitrogen and oxygen atoms in total. The van der Waals surface area contributed by atoms with Crippen LogP contribution in [0.2, 0.25) is 0 Å². The Morgan fingerprint density at radius 1 is 0.964 bits per heavy atom. The van der Waals surface area contributed by atoms with Crippen LogP contribution >= 0.6 is 0 Å². The lowest BCUT2D eigenvalue weighted by Crippen LogP contribution is -2.35. The maximum absolute atomic E-state index is 12.9. The molecule has 1 amide bonds. The second-order valence-corrected chi connectivity index (χ2v) is 9.76. The number of rotatable bonds is 5. The summed E-state index contributed by atoms with van der Waals surface area (Å²) < 4.78 is 22.8. The van der Waals surface area contributed by atoms with Gasteiger partial charge < -0.3 is 4.90 Å². The Balaban J connectivity index is 1.60. The van der Waals surface area contributed by atoms with Crippen LogP contribution < -0.4 is 0 Å². The lowest BCUT2D eigenvalue weighted by atomic mass is 10.1. The van der Waals surface area contributed by atoms with Gasteiger partial charge in [0.1, 0.15) is 0 Å². The summed E-state index contributed by atoms with van der Waals surface area (Å²) in [5, 5.41) is 0. The number of carbonyl (C=O) groups is 1. The molecule has 0 radical (unpaired) electrons. The zero-order valence-electron chi connectivity index (χ0n) is 16.6. The predicted molar refractivity (Wildman–Crippen MR) is 112 cm³/mol. The molecule has 1 heterocycles. The standard InChI is InChI=1S/C22H28N2O3S/c1-18-6-3-4-7-21(18)16-23-12-5-13-24(15-14-23)22(25)20-10-8-19(9-11-20)17-28(2,26)27/h3-4,6-11H,5,12-17H2,1-2H3. The van der Waals surface area contributed by atoms with Crippen LogP contribution in [0, 0.1) is 6.92 Å². The molecule has 150 valence electrons. The van der Waals surface area contributed by atoms with Crippen LogP contribution in [0.5, 0.6) is 0 Å². The van der Waals surface area contributed by atoms with Gasteiger partial charge in [0.15, 0.2) is 9.84 Å². The van der Waals surface area contributed by atoms with Crippen molar-refractivity contribution in [2.45, 2.75) is 25.6 Å². The molecule has 1 saturated heterocycles. The molecule has 0 aliphatic carbocycles. The van der Waals surface area contributed by atoms with Crippen LogP contribution in [-0.2, 0) is 22.1 Å². The van der Waals surface area contributed by atoms with Crippen molar-refractivity contribution in [2.75, 3.05) is 32.4 Å². The van der Waals surface area contributed by atoms with E-state index in [-0.39, 0.29) is 11.7 Å². The van der Waals surface area contributed by atoms with Crippen LogP contribution in [0.1, 0.15) is 33.5 Å². The number of aryl methyl sites for hydroxylation is 1. The molecular weight excluding hydrogens is 372 g/mol. The second-order valence-electron chi connectivity index (χ2n) is 7.62. The zero-order chi connectivity index (χ0) is 20.1. The fourth-order valence-electron chi connectivity index (χ4n) is 3.59. The summed E-state index contributed by atoms with van der Waals surface area (Å²) >= 11 is 0. The van der Waals surface area contributed by atoms with Gasteiger partial charge in [-0.05, 0) is 42.2 Å². The molecule has 1 aliphatic heterocycles. The SMILES string of the molecule is Cc1ccccc1CN1CCCN(C(=O)c2ccc(CS(C)(=O)=O)cc2)CC1. The van der Waals surface area contributed by atoms with Gasteiger partial charge in [-0.2, -0.15) is 0 Å². The van der Waals surface area contributed by atoms with Gasteiger partial charge in [-0.3, -0.25) is 9.69 Å². The molecule has 0 aromatic heterocycles. The first-order chi connectivity index (χ1) is 13.3. The van der Waals surface area contributed by atoms with Crippen LogP contribution in [0.15, 0.2) is 48.5 Å². The van der Waals surface area contributed by atoms with Crippen molar-refractivity contribution in [3.8, 4) is 0 Å².